The van der Waals surface area contributed by atoms with E-state index < -0.39 is 24.1 Å². The van der Waals surface area contributed by atoms with Gasteiger partial charge in [0, 0.05) is 71.7 Å². The summed E-state index contributed by atoms with van der Waals surface area (Å²) >= 11 is 0. The van der Waals surface area contributed by atoms with Crippen LogP contribution in [0, 0.1) is 18.3 Å². The van der Waals surface area contributed by atoms with Crippen LogP contribution in [0.25, 0.3) is 0 Å². The third kappa shape index (κ3) is 16.4. The van der Waals surface area contributed by atoms with Gasteiger partial charge in [0.1, 0.15) is 30.1 Å². The summed E-state index contributed by atoms with van der Waals surface area (Å²) in [6.07, 6.45) is 9.14. The number of carbonyl (C=O) groups is 3. The van der Waals surface area contributed by atoms with E-state index in [0.717, 1.165) is 5.56 Å². The van der Waals surface area contributed by atoms with Crippen LogP contribution in [-0.2, 0) is 35.0 Å². The monoisotopic (exact) mass is 1010 g/mol. The SMILES string of the molecule is C#CCOCCOCCOCCNc1nc(N2CCN(C(=O)[C@@H](Cc3ccc(O)cc3)n3cc(C(N)CC(C)C)nn3)CC2)nc(N2CCN(C(=O)[C@H](CCC(=O)O)n3cc(C(N)CO)nn3)CC2)n1.Cl. The lowest BCUT2D eigenvalue weighted by Crippen LogP contribution is -2.52. The van der Waals surface area contributed by atoms with Crippen molar-refractivity contribution in [2.24, 2.45) is 17.4 Å². The Morgan fingerprint density at radius 3 is 1.82 bits per heavy atom. The van der Waals surface area contributed by atoms with Crippen molar-refractivity contribution < 1.29 is 43.9 Å². The zero-order chi connectivity index (χ0) is 50.0. The van der Waals surface area contributed by atoms with Crippen LogP contribution in [-0.4, -0.2) is 193 Å². The Hall–Kier alpha value is -6.27. The standard InChI is InChI=1S/C45H66N16O9.ClH/c1-4-20-68-22-24-70-25-23-69-21-11-48-43-49-44(58-16-12-56(13-17-58)41(66)38(9-10-40(64)65)60-29-37(53-54-60)35(47)30-62)51-45(50-43)59-18-14-57(15-19-59)42(67)39(27-32-5-7-33(63)8-6-32)61-28-36(52-55-61)34(46)26-31(2)3;/h1,5-8,28-29,31,34-35,38-39,62-63H,9-27,30,46-47H2,2-3H3,(H,64,65)(H,48,49,50,51);1H/t34?,35?,38-,39+;/m0./s1. The predicted octanol–water partition coefficient (Wildman–Crippen LogP) is 0.202. The highest BCUT2D eigenvalue weighted by molar-refractivity contribution is 5.85. The second-order valence-corrected chi connectivity index (χ2v) is 17.4. The summed E-state index contributed by atoms with van der Waals surface area (Å²) in [6, 6.07) is 3.93. The van der Waals surface area contributed by atoms with Gasteiger partial charge in [0.2, 0.25) is 29.7 Å². The molecule has 4 atom stereocenters. The molecule has 0 aliphatic carbocycles. The number of benzene rings is 1. The molecule has 0 saturated carbocycles. The van der Waals surface area contributed by atoms with E-state index >= 15 is 0 Å². The van der Waals surface area contributed by atoms with Crippen molar-refractivity contribution in [3.05, 3.63) is 53.6 Å². The molecule has 388 valence electrons. The first-order chi connectivity index (χ1) is 33.8. The Kier molecular flexibility index (Phi) is 21.9. The lowest BCUT2D eigenvalue weighted by molar-refractivity contribution is -0.139. The maximum Gasteiger partial charge on any atom is 0.303 e. The van der Waals surface area contributed by atoms with Crippen LogP contribution in [0.1, 0.15) is 74.2 Å². The number of halogens is 1. The predicted molar refractivity (Wildman–Crippen MR) is 262 cm³/mol. The molecule has 3 aromatic heterocycles. The highest BCUT2D eigenvalue weighted by Gasteiger charge is 2.34. The van der Waals surface area contributed by atoms with Crippen LogP contribution in [0.3, 0.4) is 0 Å². The maximum atomic E-state index is 14.4. The number of anilines is 3. The topological polar surface area (TPSA) is 317 Å². The Morgan fingerprint density at radius 1 is 0.761 bits per heavy atom. The number of amides is 2. The van der Waals surface area contributed by atoms with E-state index in [1.807, 2.05) is 9.80 Å². The molecular weight excluding hydrogens is 944 g/mol. The number of carbonyl (C=O) groups excluding carboxylic acids is 2. The molecule has 0 spiro atoms. The number of carboxylic acid groups (broad SMARTS) is 1. The Balaban J connectivity index is 0.00000937. The quantitative estimate of drug-likeness (QED) is 0.0343. The molecule has 0 bridgehead atoms. The molecule has 5 heterocycles. The number of aromatic nitrogens is 9. The summed E-state index contributed by atoms with van der Waals surface area (Å²) in [5.41, 5.74) is 14.1. The minimum absolute atomic E-state index is 0. The zero-order valence-electron chi connectivity index (χ0n) is 40.2. The van der Waals surface area contributed by atoms with E-state index in [-0.39, 0.29) is 80.9 Å². The summed E-state index contributed by atoms with van der Waals surface area (Å²) in [6.45, 7) is 9.06. The molecule has 2 aliphatic heterocycles. The Morgan fingerprint density at radius 2 is 1.28 bits per heavy atom. The lowest BCUT2D eigenvalue weighted by atomic mass is 10.0. The van der Waals surface area contributed by atoms with E-state index in [0.29, 0.717) is 121 Å². The number of hydrogen-bond acceptors (Lipinski definition) is 20. The number of nitrogens with one attached hydrogen (secondary N) is 1. The number of aliphatic hydroxyl groups is 1. The summed E-state index contributed by atoms with van der Waals surface area (Å²) in [5.74, 6) is 2.44. The normalized spacial score (nSPS) is 15.7. The number of rotatable bonds is 27. The number of carboxylic acids is 1. The first-order valence-electron chi connectivity index (χ1n) is 23.5. The van der Waals surface area contributed by atoms with E-state index in [1.165, 1.54) is 10.9 Å². The number of nitrogens with two attached hydrogens (primary N) is 2. The molecule has 0 radical (unpaired) electrons. The highest BCUT2D eigenvalue weighted by atomic mass is 35.5. The molecule has 26 heteroatoms. The molecule has 25 nitrogen and oxygen atoms in total. The van der Waals surface area contributed by atoms with Crippen molar-refractivity contribution in [2.45, 2.75) is 63.7 Å². The average Bonchev–Trinajstić information content (AvgIpc) is 4.07. The van der Waals surface area contributed by atoms with Crippen LogP contribution in [0.4, 0.5) is 17.8 Å². The summed E-state index contributed by atoms with van der Waals surface area (Å²) in [4.78, 5) is 61.8. The van der Waals surface area contributed by atoms with Gasteiger partial charge in [-0.15, -0.1) is 29.0 Å². The van der Waals surface area contributed by atoms with E-state index in [2.05, 4.69) is 45.7 Å². The highest BCUT2D eigenvalue weighted by Crippen LogP contribution is 2.26. The number of aliphatic carboxylic acids is 1. The number of ether oxygens (including phenoxy) is 3. The lowest BCUT2D eigenvalue weighted by Gasteiger charge is -2.38. The fourth-order valence-electron chi connectivity index (χ4n) is 7.92. The number of aliphatic hydroxyl groups excluding tert-OH is 1. The third-order valence-electron chi connectivity index (χ3n) is 11.8. The van der Waals surface area contributed by atoms with Crippen LogP contribution in [0.2, 0.25) is 0 Å². The van der Waals surface area contributed by atoms with E-state index in [4.69, 9.17) is 47.1 Å². The summed E-state index contributed by atoms with van der Waals surface area (Å²) < 4.78 is 19.4. The molecule has 6 rings (SSSR count). The largest absolute Gasteiger partial charge is 0.508 e. The molecule has 2 amide bonds. The number of phenolic OH excluding ortho intramolecular Hbond substituents is 1. The van der Waals surface area contributed by atoms with Gasteiger partial charge in [-0.3, -0.25) is 14.4 Å². The molecular formula is C45H67ClN16O9. The van der Waals surface area contributed by atoms with Gasteiger partial charge in [0.15, 0.2) is 0 Å². The first kappa shape index (κ1) is 55.7. The Bertz CT molecular complexity index is 2320. The zero-order valence-corrected chi connectivity index (χ0v) is 41.1. The summed E-state index contributed by atoms with van der Waals surface area (Å²) in [5, 5.41) is 48.9. The minimum atomic E-state index is -1.06. The molecule has 2 aliphatic rings. The van der Waals surface area contributed by atoms with Gasteiger partial charge in [-0.25, -0.2) is 9.36 Å². The smallest absolute Gasteiger partial charge is 0.303 e. The summed E-state index contributed by atoms with van der Waals surface area (Å²) in [7, 11) is 0. The van der Waals surface area contributed by atoms with Crippen molar-refractivity contribution in [3.8, 4) is 18.1 Å². The number of terminal acetylenes is 1. The van der Waals surface area contributed by atoms with Gasteiger partial charge >= 0.3 is 5.97 Å². The molecule has 2 fully saturated rings. The molecule has 2 unspecified atom stereocenters. The fraction of sp³-hybridized carbons (Fsp3) is 0.600. The third-order valence-corrected chi connectivity index (χ3v) is 11.8. The van der Waals surface area contributed by atoms with Crippen molar-refractivity contribution in [3.63, 3.8) is 0 Å². The molecule has 71 heavy (non-hydrogen) atoms. The van der Waals surface area contributed by atoms with Gasteiger partial charge in [0.25, 0.3) is 0 Å². The fourth-order valence-corrected chi connectivity index (χ4v) is 7.92. The van der Waals surface area contributed by atoms with Crippen molar-refractivity contribution in [2.75, 3.05) is 120 Å². The van der Waals surface area contributed by atoms with Gasteiger partial charge in [-0.1, -0.05) is 42.3 Å². The van der Waals surface area contributed by atoms with Crippen molar-refractivity contribution in [1.29, 1.82) is 0 Å². The van der Waals surface area contributed by atoms with Crippen LogP contribution in [0.15, 0.2) is 36.7 Å². The number of aromatic hydroxyl groups is 1. The minimum Gasteiger partial charge on any atom is -0.508 e. The van der Waals surface area contributed by atoms with Crippen molar-refractivity contribution >= 4 is 48.0 Å². The number of phenols is 1. The van der Waals surface area contributed by atoms with Gasteiger partial charge in [-0.05, 0) is 36.5 Å². The Labute approximate surface area is 418 Å². The molecule has 8 N–H and O–H groups in total. The maximum absolute atomic E-state index is 14.4. The van der Waals surface area contributed by atoms with Gasteiger partial charge in [-0.2, -0.15) is 15.0 Å². The number of hydrogen-bond donors (Lipinski definition) is 6. The van der Waals surface area contributed by atoms with Gasteiger partial charge < -0.3 is 65.9 Å². The number of piperazine rings is 2. The van der Waals surface area contributed by atoms with Crippen LogP contribution in [0.5, 0.6) is 5.75 Å². The van der Waals surface area contributed by atoms with Crippen LogP contribution >= 0.6 is 12.4 Å². The van der Waals surface area contributed by atoms with E-state index in [1.54, 1.807) is 44.9 Å². The average molecular weight is 1010 g/mol. The first-order valence-corrected chi connectivity index (χ1v) is 23.5. The van der Waals surface area contributed by atoms with Crippen LogP contribution < -0.4 is 26.6 Å². The van der Waals surface area contributed by atoms with Crippen molar-refractivity contribution in [1.82, 2.24) is 54.7 Å². The molecule has 1 aromatic carbocycles. The molecule has 4 aromatic rings. The second kappa shape index (κ2) is 27.9. The second-order valence-electron chi connectivity index (χ2n) is 17.4. The van der Waals surface area contributed by atoms with E-state index in [9.17, 15) is 29.7 Å². The number of nitrogens with zero attached hydrogens (tertiary/aromatic N) is 13. The van der Waals surface area contributed by atoms with Gasteiger partial charge in [0.05, 0.1) is 69.8 Å². The molecule has 2 saturated heterocycles.